The highest BCUT2D eigenvalue weighted by Gasteiger charge is 2.73. The maximum Gasteiger partial charge on any atom is 0.435 e. The molecule has 0 aliphatic carbocycles. The van der Waals surface area contributed by atoms with Gasteiger partial charge in [-0.2, -0.15) is 26.3 Å². The van der Waals surface area contributed by atoms with Crippen molar-refractivity contribution in [2.45, 2.75) is 18.0 Å². The van der Waals surface area contributed by atoms with Crippen molar-refractivity contribution >= 4 is 52.3 Å². The Morgan fingerprint density at radius 1 is 0.882 bits per heavy atom. The number of halogens is 10. The van der Waals surface area contributed by atoms with E-state index in [1.165, 1.54) is 18.2 Å². The van der Waals surface area contributed by atoms with E-state index < -0.39 is 50.9 Å². The van der Waals surface area contributed by atoms with Gasteiger partial charge >= 0.3 is 24.0 Å². The number of ether oxygens (including phenoxy) is 1. The summed E-state index contributed by atoms with van der Waals surface area (Å²) in [6.07, 6.45) is -12.1. The molecule has 0 saturated heterocycles. The molecule has 0 amide bonds. The second-order valence-electron chi connectivity index (χ2n) is 6.62. The predicted molar refractivity (Wildman–Crippen MR) is 111 cm³/mol. The van der Waals surface area contributed by atoms with Crippen LogP contribution in [0.3, 0.4) is 0 Å². The zero-order valence-corrected chi connectivity index (χ0v) is 18.8. The van der Waals surface area contributed by atoms with Gasteiger partial charge < -0.3 is 10.5 Å². The fourth-order valence-electron chi connectivity index (χ4n) is 2.76. The smallest absolute Gasteiger partial charge is 0.435 e. The molecule has 34 heavy (non-hydrogen) atoms. The Hall–Kier alpha value is -2.50. The molecule has 0 radical (unpaired) electrons. The molecular weight excluding hydrogens is 542 g/mol. The Balaban J connectivity index is 2.55. The van der Waals surface area contributed by atoms with Crippen LogP contribution in [0, 0.1) is 0 Å². The fraction of sp³-hybridized carbons (Fsp3) is 0.200. The van der Waals surface area contributed by atoms with Gasteiger partial charge in [0.05, 0.1) is 33.3 Å². The third kappa shape index (κ3) is 5.11. The van der Waals surface area contributed by atoms with Crippen LogP contribution in [0.2, 0.25) is 15.1 Å². The first-order chi connectivity index (χ1) is 15.5. The van der Waals surface area contributed by atoms with E-state index in [1.807, 2.05) is 0 Å². The topological polar surface area (TPSA) is 69.4 Å². The lowest BCUT2D eigenvalue weighted by Gasteiger charge is -2.30. The van der Waals surface area contributed by atoms with Crippen LogP contribution in [0.1, 0.15) is 31.8 Å². The third-order valence-corrected chi connectivity index (χ3v) is 5.38. The molecule has 2 aromatic rings. The van der Waals surface area contributed by atoms with Gasteiger partial charge in [0.25, 0.3) is 0 Å². The van der Waals surface area contributed by atoms with Crippen molar-refractivity contribution in [2.75, 3.05) is 7.11 Å². The molecule has 0 aliphatic heterocycles. The fourth-order valence-corrected chi connectivity index (χ4v) is 3.63. The zero-order valence-electron chi connectivity index (χ0n) is 16.5. The summed E-state index contributed by atoms with van der Waals surface area (Å²) in [4.78, 5) is 24.3. The van der Waals surface area contributed by atoms with Gasteiger partial charge in [0.15, 0.2) is 5.78 Å². The number of carbonyl (C=O) groups is 2. The predicted octanol–water partition coefficient (Wildman–Crippen LogP) is 6.91. The Bertz CT molecular complexity index is 1140. The molecule has 2 rings (SSSR count). The standard InChI is InChI=1S/C20H11Cl3F7NO3/c1-34-17(33)10-4-8(2-3-11(10)21)14(31)7-15(32)16-12(22)5-9(6-13(16)23)18(24,19(25,26)27)20(28,29)30/h2-7H,31H2,1H3. The largest absolute Gasteiger partial charge is 0.465 e. The Kier molecular flexibility index (Phi) is 7.86. The quantitative estimate of drug-likeness (QED) is 0.190. The number of nitrogens with two attached hydrogens (primary N) is 1. The second kappa shape index (κ2) is 9.63. The number of methoxy groups -OCH3 is 1. The molecule has 4 nitrogen and oxygen atoms in total. The SMILES string of the molecule is COC(=O)c1cc(C(N)=CC(=O)c2c(Cl)cc(C(F)(C(F)(F)F)C(F)(F)F)cc2Cl)ccc1Cl. The molecule has 0 fully saturated rings. The molecule has 0 aliphatic rings. The van der Waals surface area contributed by atoms with Crippen molar-refractivity contribution in [3.8, 4) is 0 Å². The van der Waals surface area contributed by atoms with E-state index in [4.69, 9.17) is 40.5 Å². The van der Waals surface area contributed by atoms with Gasteiger partial charge in [-0.15, -0.1) is 0 Å². The molecular formula is C20H11Cl3F7NO3. The molecule has 0 heterocycles. The Labute approximate surface area is 202 Å². The van der Waals surface area contributed by atoms with E-state index in [0.29, 0.717) is 6.08 Å². The number of hydrogen-bond donors (Lipinski definition) is 1. The molecule has 2 N–H and O–H groups in total. The van der Waals surface area contributed by atoms with Crippen LogP contribution in [0.15, 0.2) is 36.4 Å². The van der Waals surface area contributed by atoms with Crippen molar-refractivity contribution in [3.63, 3.8) is 0 Å². The van der Waals surface area contributed by atoms with Gasteiger partial charge in [-0.05, 0) is 29.8 Å². The van der Waals surface area contributed by atoms with Crippen molar-refractivity contribution < 1.29 is 45.1 Å². The summed E-state index contributed by atoms with van der Waals surface area (Å²) in [6, 6.07) is 3.75. The first kappa shape index (κ1) is 27.7. The van der Waals surface area contributed by atoms with Crippen LogP contribution < -0.4 is 5.73 Å². The number of ketones is 1. The van der Waals surface area contributed by atoms with Gasteiger partial charge in [-0.25, -0.2) is 9.18 Å². The summed E-state index contributed by atoms with van der Waals surface area (Å²) < 4.78 is 96.8. The summed E-state index contributed by atoms with van der Waals surface area (Å²) in [5.41, 5.74) is -3.00. The lowest BCUT2D eigenvalue weighted by molar-refractivity contribution is -0.348. The molecule has 0 unspecified atom stereocenters. The highest BCUT2D eigenvalue weighted by Crippen LogP contribution is 2.54. The number of alkyl halides is 7. The minimum absolute atomic E-state index is 0.000407. The van der Waals surface area contributed by atoms with Crippen molar-refractivity contribution in [3.05, 3.63) is 73.7 Å². The maximum absolute atomic E-state index is 14.3. The van der Waals surface area contributed by atoms with Crippen LogP contribution in [0.25, 0.3) is 5.70 Å². The molecule has 0 atom stereocenters. The second-order valence-corrected chi connectivity index (χ2v) is 7.84. The lowest BCUT2D eigenvalue weighted by atomic mass is 9.92. The van der Waals surface area contributed by atoms with E-state index in [0.717, 1.165) is 7.11 Å². The third-order valence-electron chi connectivity index (χ3n) is 4.46. The monoisotopic (exact) mass is 551 g/mol. The molecule has 14 heteroatoms. The average Bonchev–Trinajstić information content (AvgIpc) is 2.70. The lowest BCUT2D eigenvalue weighted by Crippen LogP contribution is -2.50. The summed E-state index contributed by atoms with van der Waals surface area (Å²) in [5.74, 6) is -1.95. The maximum atomic E-state index is 14.3. The van der Waals surface area contributed by atoms with E-state index in [9.17, 15) is 40.3 Å². The van der Waals surface area contributed by atoms with Crippen molar-refractivity contribution in [1.82, 2.24) is 0 Å². The van der Waals surface area contributed by atoms with Gasteiger partial charge in [-0.3, -0.25) is 4.79 Å². The Morgan fingerprint density at radius 3 is 1.82 bits per heavy atom. The van der Waals surface area contributed by atoms with E-state index in [-0.39, 0.29) is 34.0 Å². The minimum Gasteiger partial charge on any atom is -0.465 e. The van der Waals surface area contributed by atoms with Crippen molar-refractivity contribution in [2.24, 2.45) is 5.73 Å². The normalized spacial score (nSPS) is 13.1. The molecule has 2 aromatic carbocycles. The molecule has 184 valence electrons. The van der Waals surface area contributed by atoms with Crippen LogP contribution in [0.5, 0.6) is 0 Å². The highest BCUT2D eigenvalue weighted by molar-refractivity contribution is 6.41. The van der Waals surface area contributed by atoms with Crippen LogP contribution in [0.4, 0.5) is 30.7 Å². The van der Waals surface area contributed by atoms with Gasteiger partial charge in [0.1, 0.15) is 0 Å². The summed E-state index contributed by atoms with van der Waals surface area (Å²) in [6.45, 7) is 0. The van der Waals surface area contributed by atoms with Gasteiger partial charge in [-0.1, -0.05) is 40.9 Å². The van der Waals surface area contributed by atoms with E-state index in [2.05, 4.69) is 4.74 Å². The number of hydrogen-bond acceptors (Lipinski definition) is 4. The van der Waals surface area contributed by atoms with E-state index in [1.54, 1.807) is 0 Å². The summed E-state index contributed by atoms with van der Waals surface area (Å²) in [7, 11) is 1.09. The molecule has 0 bridgehead atoms. The molecule has 0 saturated carbocycles. The molecule has 0 aromatic heterocycles. The minimum atomic E-state index is -6.40. The first-order valence-electron chi connectivity index (χ1n) is 8.67. The Morgan fingerprint density at radius 2 is 1.38 bits per heavy atom. The van der Waals surface area contributed by atoms with Crippen LogP contribution >= 0.6 is 34.8 Å². The number of carbonyl (C=O) groups excluding carboxylic acids is 2. The number of rotatable bonds is 5. The van der Waals surface area contributed by atoms with Gasteiger partial charge in [0, 0.05) is 17.3 Å². The summed E-state index contributed by atoms with van der Waals surface area (Å²) in [5, 5.41) is -1.97. The van der Waals surface area contributed by atoms with E-state index >= 15 is 0 Å². The zero-order chi connectivity index (χ0) is 26.2. The molecule has 0 spiro atoms. The highest BCUT2D eigenvalue weighted by atomic mass is 35.5. The van der Waals surface area contributed by atoms with Crippen LogP contribution in [-0.2, 0) is 10.4 Å². The van der Waals surface area contributed by atoms with Crippen molar-refractivity contribution in [1.29, 1.82) is 0 Å². The first-order valence-corrected chi connectivity index (χ1v) is 9.80. The van der Waals surface area contributed by atoms with Crippen LogP contribution in [-0.4, -0.2) is 31.2 Å². The number of esters is 1. The number of allylic oxidation sites excluding steroid dienone is 1. The average molecular weight is 553 g/mol. The number of benzene rings is 2. The van der Waals surface area contributed by atoms with Gasteiger partial charge in [0.2, 0.25) is 0 Å². The summed E-state index contributed by atoms with van der Waals surface area (Å²) >= 11 is 17.3.